The molecule has 1 aromatic carbocycles. The van der Waals surface area contributed by atoms with Gasteiger partial charge in [-0.25, -0.2) is 14.1 Å². The second-order valence-electron chi connectivity index (χ2n) is 7.32. The summed E-state index contributed by atoms with van der Waals surface area (Å²) in [5.74, 6) is -0.901. The molecule has 0 radical (unpaired) electrons. The molecule has 152 valence electrons. The zero-order valence-electron chi connectivity index (χ0n) is 15.8. The van der Waals surface area contributed by atoms with Crippen LogP contribution in [0.25, 0.3) is 11.0 Å². The van der Waals surface area contributed by atoms with E-state index in [1.54, 1.807) is 6.92 Å². The van der Waals surface area contributed by atoms with E-state index < -0.39 is 23.5 Å². The summed E-state index contributed by atoms with van der Waals surface area (Å²) < 4.78 is 55.3. The Morgan fingerprint density at radius 3 is 2.59 bits per heavy atom. The summed E-state index contributed by atoms with van der Waals surface area (Å²) in [6.45, 7) is 2.80. The van der Waals surface area contributed by atoms with Gasteiger partial charge in [0.25, 0.3) is 0 Å². The molecule has 0 spiro atoms. The van der Waals surface area contributed by atoms with Crippen LogP contribution in [0.15, 0.2) is 24.3 Å². The average molecular weight is 406 g/mol. The average Bonchev–Trinajstić information content (AvgIpc) is 3.42. The highest BCUT2D eigenvalue weighted by Gasteiger charge is 2.37. The Hall–Kier alpha value is -2.97. The second kappa shape index (κ2) is 6.82. The van der Waals surface area contributed by atoms with E-state index in [0.717, 1.165) is 18.9 Å². The van der Waals surface area contributed by atoms with Crippen molar-refractivity contribution in [3.8, 4) is 0 Å². The largest absolute Gasteiger partial charge is 0.417 e. The van der Waals surface area contributed by atoms with E-state index in [0.29, 0.717) is 16.9 Å². The molecule has 1 amide bonds. The third-order valence-corrected chi connectivity index (χ3v) is 4.95. The van der Waals surface area contributed by atoms with E-state index in [1.807, 2.05) is 0 Å². The number of hydrogen-bond acceptors (Lipinski definition) is 3. The van der Waals surface area contributed by atoms with Crippen molar-refractivity contribution >= 4 is 22.6 Å². The Morgan fingerprint density at radius 1 is 1.24 bits per heavy atom. The van der Waals surface area contributed by atoms with Crippen LogP contribution in [0.3, 0.4) is 0 Å². The number of pyridine rings is 1. The maximum atomic E-state index is 13.6. The lowest BCUT2D eigenvalue weighted by molar-refractivity contribution is -0.136. The van der Waals surface area contributed by atoms with Crippen molar-refractivity contribution in [3.63, 3.8) is 0 Å². The third-order valence-electron chi connectivity index (χ3n) is 4.95. The summed E-state index contributed by atoms with van der Waals surface area (Å²) in [5.41, 5.74) is 0.766. The summed E-state index contributed by atoms with van der Waals surface area (Å²) >= 11 is 0. The number of carbonyl (C=O) groups is 1. The Balaban J connectivity index is 1.70. The van der Waals surface area contributed by atoms with Gasteiger partial charge in [0.05, 0.1) is 16.6 Å². The molecule has 2 aromatic heterocycles. The van der Waals surface area contributed by atoms with Gasteiger partial charge in [0.1, 0.15) is 12.4 Å². The fraction of sp³-hybridized carbons (Fsp3) is 0.350. The van der Waals surface area contributed by atoms with Gasteiger partial charge in [-0.05, 0) is 56.5 Å². The number of carbonyl (C=O) groups excluding carboxylic acids is 1. The van der Waals surface area contributed by atoms with Gasteiger partial charge in [0, 0.05) is 17.3 Å². The smallest absolute Gasteiger partial charge is 0.324 e. The normalized spacial score (nSPS) is 14.4. The van der Waals surface area contributed by atoms with Crippen LogP contribution in [-0.4, -0.2) is 20.7 Å². The van der Waals surface area contributed by atoms with Crippen LogP contribution in [0.1, 0.15) is 41.3 Å². The number of halogens is 4. The minimum Gasteiger partial charge on any atom is -0.324 e. The number of nitrogens with zero attached hydrogens (tertiary/aromatic N) is 3. The molecule has 0 atom stereocenters. The van der Waals surface area contributed by atoms with Crippen LogP contribution >= 0.6 is 0 Å². The van der Waals surface area contributed by atoms with Gasteiger partial charge in [-0.3, -0.25) is 4.79 Å². The number of fused-ring (bicyclic) bond motifs is 1. The summed E-state index contributed by atoms with van der Waals surface area (Å²) in [4.78, 5) is 16.9. The maximum absolute atomic E-state index is 13.6. The summed E-state index contributed by atoms with van der Waals surface area (Å²) in [7, 11) is 0. The minimum atomic E-state index is -4.54. The van der Waals surface area contributed by atoms with Crippen LogP contribution in [0.5, 0.6) is 0 Å². The molecule has 0 aliphatic heterocycles. The number of anilines is 1. The summed E-state index contributed by atoms with van der Waals surface area (Å²) in [6.07, 6.45) is -2.95. The highest BCUT2D eigenvalue weighted by atomic mass is 19.4. The van der Waals surface area contributed by atoms with E-state index in [-0.39, 0.29) is 29.2 Å². The molecule has 1 aliphatic rings. The van der Waals surface area contributed by atoms with Crippen molar-refractivity contribution in [2.75, 3.05) is 5.32 Å². The molecule has 0 saturated heterocycles. The molecule has 1 aliphatic carbocycles. The Bertz CT molecular complexity index is 1120. The SMILES string of the molecule is Cc1cc(F)ccc1NC(=O)Cn1nc(C)c2c(C(F)(F)F)cc(C3CC3)nc21. The molecule has 29 heavy (non-hydrogen) atoms. The molecule has 0 bridgehead atoms. The van der Waals surface area contributed by atoms with E-state index in [4.69, 9.17) is 0 Å². The monoisotopic (exact) mass is 406 g/mol. The summed E-state index contributed by atoms with van der Waals surface area (Å²) in [5, 5.41) is 6.68. The Labute approximate surface area is 163 Å². The van der Waals surface area contributed by atoms with Gasteiger partial charge in [0.2, 0.25) is 5.91 Å². The molecule has 1 fully saturated rings. The van der Waals surface area contributed by atoms with Crippen LogP contribution in [0, 0.1) is 19.7 Å². The third kappa shape index (κ3) is 3.81. The van der Waals surface area contributed by atoms with Gasteiger partial charge in [-0.1, -0.05) is 0 Å². The number of hydrogen-bond donors (Lipinski definition) is 1. The highest BCUT2D eigenvalue weighted by molar-refractivity contribution is 5.92. The molecule has 1 N–H and O–H groups in total. The van der Waals surface area contributed by atoms with Crippen LogP contribution < -0.4 is 5.32 Å². The first-order valence-electron chi connectivity index (χ1n) is 9.14. The lowest BCUT2D eigenvalue weighted by atomic mass is 10.1. The zero-order chi connectivity index (χ0) is 20.9. The maximum Gasteiger partial charge on any atom is 0.417 e. The molecule has 5 nitrogen and oxygen atoms in total. The van der Waals surface area contributed by atoms with E-state index >= 15 is 0 Å². The highest BCUT2D eigenvalue weighted by Crippen LogP contribution is 2.43. The number of rotatable bonds is 4. The molecular formula is C20H18F4N4O. The molecule has 1 saturated carbocycles. The summed E-state index contributed by atoms with van der Waals surface area (Å²) in [6, 6.07) is 5.03. The van der Waals surface area contributed by atoms with Crippen molar-refractivity contribution in [3.05, 3.63) is 52.6 Å². The first-order chi connectivity index (χ1) is 13.6. The van der Waals surface area contributed by atoms with Crippen molar-refractivity contribution in [2.45, 2.75) is 45.3 Å². The van der Waals surface area contributed by atoms with Crippen LogP contribution in [0.2, 0.25) is 0 Å². The molecule has 0 unspecified atom stereocenters. The standard InChI is InChI=1S/C20H18F4N4O/c1-10-7-13(21)5-6-15(10)25-17(29)9-28-19-18(11(2)27-28)14(20(22,23)24)8-16(26-19)12-3-4-12/h5-8,12H,3-4,9H2,1-2H3,(H,25,29). The van der Waals surface area contributed by atoms with Crippen LogP contribution in [-0.2, 0) is 17.5 Å². The first kappa shape index (κ1) is 19.4. The van der Waals surface area contributed by atoms with Crippen molar-refractivity contribution in [2.24, 2.45) is 0 Å². The topological polar surface area (TPSA) is 59.8 Å². The minimum absolute atomic E-state index is 0.0137. The van der Waals surface area contributed by atoms with Crippen molar-refractivity contribution < 1.29 is 22.4 Å². The molecule has 4 rings (SSSR count). The van der Waals surface area contributed by atoms with Gasteiger partial charge >= 0.3 is 6.18 Å². The number of alkyl halides is 3. The molecular weight excluding hydrogens is 388 g/mol. The number of amides is 1. The van der Waals surface area contributed by atoms with E-state index in [1.165, 1.54) is 29.8 Å². The van der Waals surface area contributed by atoms with Gasteiger partial charge in [-0.15, -0.1) is 0 Å². The van der Waals surface area contributed by atoms with Crippen molar-refractivity contribution in [1.29, 1.82) is 0 Å². The molecule has 3 aromatic rings. The second-order valence-corrected chi connectivity index (χ2v) is 7.32. The zero-order valence-corrected chi connectivity index (χ0v) is 15.8. The van der Waals surface area contributed by atoms with E-state index in [9.17, 15) is 22.4 Å². The van der Waals surface area contributed by atoms with Gasteiger partial charge in [0.15, 0.2) is 5.65 Å². The lowest BCUT2D eigenvalue weighted by Crippen LogP contribution is -2.20. The number of aromatic nitrogens is 3. The number of aryl methyl sites for hydroxylation is 2. The lowest BCUT2D eigenvalue weighted by Gasteiger charge is -2.12. The first-order valence-corrected chi connectivity index (χ1v) is 9.14. The van der Waals surface area contributed by atoms with Gasteiger partial charge in [-0.2, -0.15) is 18.3 Å². The molecule has 9 heteroatoms. The predicted molar refractivity (Wildman–Crippen MR) is 99.0 cm³/mol. The predicted octanol–water partition coefficient (Wildman–Crippen LogP) is 4.72. The molecule has 2 heterocycles. The van der Waals surface area contributed by atoms with Gasteiger partial charge < -0.3 is 5.32 Å². The Morgan fingerprint density at radius 2 is 1.97 bits per heavy atom. The number of benzene rings is 1. The fourth-order valence-electron chi connectivity index (χ4n) is 3.39. The number of nitrogens with one attached hydrogen (secondary N) is 1. The van der Waals surface area contributed by atoms with Crippen LogP contribution in [0.4, 0.5) is 23.2 Å². The van der Waals surface area contributed by atoms with Crippen molar-refractivity contribution in [1.82, 2.24) is 14.8 Å². The fourth-order valence-corrected chi connectivity index (χ4v) is 3.39. The Kier molecular flexibility index (Phi) is 4.55. The van der Waals surface area contributed by atoms with E-state index in [2.05, 4.69) is 15.4 Å². The quantitative estimate of drug-likeness (QED) is 0.638.